The lowest BCUT2D eigenvalue weighted by molar-refractivity contribution is 0.0354. The summed E-state index contributed by atoms with van der Waals surface area (Å²) in [5, 5.41) is 3.52. The van der Waals surface area contributed by atoms with Crippen molar-refractivity contribution in [3.05, 3.63) is 0 Å². The summed E-state index contributed by atoms with van der Waals surface area (Å²) in [6.45, 7) is 8.45. The fourth-order valence-corrected chi connectivity index (χ4v) is 5.51. The molecule has 0 radical (unpaired) electrons. The summed E-state index contributed by atoms with van der Waals surface area (Å²) in [5.74, 6) is 2.12. The van der Waals surface area contributed by atoms with Crippen LogP contribution in [0, 0.1) is 17.8 Å². The minimum atomic E-state index is -2.79. The summed E-state index contributed by atoms with van der Waals surface area (Å²) in [4.78, 5) is 0. The fraction of sp³-hybridized carbons (Fsp3) is 1.00. The number of rotatable bonds is 7. The van der Waals surface area contributed by atoms with Gasteiger partial charge in [-0.05, 0) is 63.5 Å². The van der Waals surface area contributed by atoms with Crippen molar-refractivity contribution in [2.24, 2.45) is 17.8 Å². The topological polar surface area (TPSA) is 55.4 Å². The van der Waals surface area contributed by atoms with Crippen molar-refractivity contribution in [3.63, 3.8) is 0 Å². The summed E-state index contributed by atoms with van der Waals surface area (Å²) in [6.07, 6.45) is 4.80. The fourth-order valence-electron chi connectivity index (χ4n) is 3.59. The van der Waals surface area contributed by atoms with Crippen LogP contribution in [-0.2, 0) is 14.6 Å². The molecule has 0 bridgehead atoms. The van der Waals surface area contributed by atoms with Crippen LogP contribution in [0.5, 0.6) is 0 Å². The highest BCUT2D eigenvalue weighted by Crippen LogP contribution is 2.32. The molecule has 4 atom stereocenters. The van der Waals surface area contributed by atoms with Gasteiger partial charge in [0.25, 0.3) is 0 Å². The van der Waals surface area contributed by atoms with Crippen molar-refractivity contribution in [1.82, 2.24) is 5.32 Å². The van der Waals surface area contributed by atoms with E-state index in [9.17, 15) is 8.42 Å². The third-order valence-corrected chi connectivity index (χ3v) is 6.57. The standard InChI is InChI=1S/C16H31NO3S/c1-12(2)9-17-10-15(8-16-5-4-13(3)20-16)14-6-7-21(18,19)11-14/h12-17H,4-11H2,1-3H3. The summed E-state index contributed by atoms with van der Waals surface area (Å²) in [5.41, 5.74) is 0. The highest BCUT2D eigenvalue weighted by molar-refractivity contribution is 7.91. The molecule has 0 aromatic rings. The van der Waals surface area contributed by atoms with Gasteiger partial charge in [0.05, 0.1) is 23.7 Å². The Morgan fingerprint density at radius 2 is 1.95 bits per heavy atom. The van der Waals surface area contributed by atoms with Gasteiger partial charge in [-0.15, -0.1) is 0 Å². The molecule has 1 N–H and O–H groups in total. The molecule has 2 rings (SSSR count). The molecule has 2 aliphatic rings. The van der Waals surface area contributed by atoms with E-state index in [2.05, 4.69) is 26.1 Å². The average molecular weight is 317 g/mol. The zero-order chi connectivity index (χ0) is 15.5. The molecule has 21 heavy (non-hydrogen) atoms. The summed E-state index contributed by atoms with van der Waals surface area (Å²) in [6, 6.07) is 0. The first-order chi connectivity index (χ1) is 9.85. The van der Waals surface area contributed by atoms with Crippen LogP contribution in [0.1, 0.15) is 46.5 Å². The number of sulfone groups is 1. The van der Waals surface area contributed by atoms with Gasteiger partial charge >= 0.3 is 0 Å². The first-order valence-electron chi connectivity index (χ1n) is 8.42. The second-order valence-electron chi connectivity index (χ2n) is 7.36. The van der Waals surface area contributed by atoms with Crippen LogP contribution in [0.2, 0.25) is 0 Å². The molecule has 0 aromatic heterocycles. The van der Waals surface area contributed by atoms with E-state index in [-0.39, 0.29) is 0 Å². The molecule has 5 heteroatoms. The zero-order valence-corrected chi connectivity index (χ0v) is 14.5. The molecular formula is C16H31NO3S. The molecule has 0 saturated carbocycles. The minimum absolute atomic E-state index is 0.314. The van der Waals surface area contributed by atoms with Gasteiger partial charge in [0.1, 0.15) is 0 Å². The number of ether oxygens (including phenoxy) is 1. The van der Waals surface area contributed by atoms with Gasteiger partial charge in [0, 0.05) is 0 Å². The second-order valence-corrected chi connectivity index (χ2v) is 9.59. The van der Waals surface area contributed by atoms with Crippen LogP contribution in [0.3, 0.4) is 0 Å². The Bertz CT molecular complexity index is 421. The average Bonchev–Trinajstić information content (AvgIpc) is 2.93. The third kappa shape index (κ3) is 5.53. The van der Waals surface area contributed by atoms with Gasteiger partial charge in [0.2, 0.25) is 0 Å². The van der Waals surface area contributed by atoms with E-state index in [0.29, 0.717) is 41.5 Å². The molecule has 124 valence electrons. The van der Waals surface area contributed by atoms with E-state index >= 15 is 0 Å². The van der Waals surface area contributed by atoms with Crippen LogP contribution in [0.25, 0.3) is 0 Å². The predicted octanol–water partition coefficient (Wildman–Crippen LogP) is 2.24. The van der Waals surface area contributed by atoms with Crippen molar-refractivity contribution < 1.29 is 13.2 Å². The Kier molecular flexibility index (Phi) is 6.09. The molecule has 0 aromatic carbocycles. The van der Waals surface area contributed by atoms with Crippen molar-refractivity contribution in [2.75, 3.05) is 24.6 Å². The first-order valence-corrected chi connectivity index (χ1v) is 10.2. The third-order valence-electron chi connectivity index (χ3n) is 4.78. The quantitative estimate of drug-likeness (QED) is 0.782. The molecule has 0 spiro atoms. The van der Waals surface area contributed by atoms with E-state index in [4.69, 9.17) is 4.74 Å². The van der Waals surface area contributed by atoms with Crippen molar-refractivity contribution in [1.29, 1.82) is 0 Å². The summed E-state index contributed by atoms with van der Waals surface area (Å²) >= 11 is 0. The van der Waals surface area contributed by atoms with Crippen molar-refractivity contribution in [2.45, 2.75) is 58.7 Å². The number of hydrogen-bond donors (Lipinski definition) is 1. The van der Waals surface area contributed by atoms with Crippen LogP contribution in [0.15, 0.2) is 0 Å². The lowest BCUT2D eigenvalue weighted by atomic mass is 9.86. The Hall–Kier alpha value is -0.130. The SMILES string of the molecule is CC(C)CNCC(CC1CCC(C)O1)C1CCS(=O)(=O)C1. The van der Waals surface area contributed by atoms with Crippen LogP contribution < -0.4 is 5.32 Å². The molecule has 2 aliphatic heterocycles. The smallest absolute Gasteiger partial charge is 0.150 e. The largest absolute Gasteiger partial charge is 0.375 e. The monoisotopic (exact) mass is 317 g/mol. The molecule has 2 fully saturated rings. The maximum absolute atomic E-state index is 11.8. The van der Waals surface area contributed by atoms with Crippen molar-refractivity contribution in [3.8, 4) is 0 Å². The molecular weight excluding hydrogens is 286 g/mol. The molecule has 2 heterocycles. The van der Waals surface area contributed by atoms with Crippen molar-refractivity contribution >= 4 is 9.84 Å². The molecule has 0 aliphatic carbocycles. The van der Waals surface area contributed by atoms with Gasteiger partial charge in [0.15, 0.2) is 9.84 Å². The van der Waals surface area contributed by atoms with Gasteiger partial charge in [-0.3, -0.25) is 0 Å². The van der Waals surface area contributed by atoms with E-state index in [1.165, 1.54) is 0 Å². The molecule has 4 unspecified atom stereocenters. The van der Waals surface area contributed by atoms with E-state index in [1.807, 2.05) is 0 Å². The lowest BCUT2D eigenvalue weighted by Crippen LogP contribution is -2.33. The maximum Gasteiger partial charge on any atom is 0.150 e. The molecule has 2 saturated heterocycles. The molecule has 4 nitrogen and oxygen atoms in total. The van der Waals surface area contributed by atoms with Crippen LogP contribution >= 0.6 is 0 Å². The second kappa shape index (κ2) is 7.42. The van der Waals surface area contributed by atoms with E-state index < -0.39 is 9.84 Å². The number of hydrogen-bond acceptors (Lipinski definition) is 4. The van der Waals surface area contributed by atoms with Gasteiger partial charge in [-0.25, -0.2) is 8.42 Å². The van der Waals surface area contributed by atoms with Crippen LogP contribution in [0.4, 0.5) is 0 Å². The Morgan fingerprint density at radius 1 is 1.19 bits per heavy atom. The minimum Gasteiger partial charge on any atom is -0.375 e. The summed E-state index contributed by atoms with van der Waals surface area (Å²) < 4.78 is 29.5. The first kappa shape index (κ1) is 17.2. The Balaban J connectivity index is 1.90. The highest BCUT2D eigenvalue weighted by atomic mass is 32.2. The number of nitrogens with one attached hydrogen (secondary N) is 1. The summed E-state index contributed by atoms with van der Waals surface area (Å²) in [7, 11) is -2.79. The van der Waals surface area contributed by atoms with E-state index in [0.717, 1.165) is 38.8 Å². The predicted molar refractivity (Wildman–Crippen MR) is 86.1 cm³/mol. The lowest BCUT2D eigenvalue weighted by Gasteiger charge is -2.26. The van der Waals surface area contributed by atoms with Gasteiger partial charge in [-0.2, -0.15) is 0 Å². The Labute approximate surface area is 129 Å². The van der Waals surface area contributed by atoms with Gasteiger partial charge < -0.3 is 10.1 Å². The van der Waals surface area contributed by atoms with Crippen LogP contribution in [-0.4, -0.2) is 45.2 Å². The maximum atomic E-state index is 11.8. The Morgan fingerprint density at radius 3 is 2.48 bits per heavy atom. The highest BCUT2D eigenvalue weighted by Gasteiger charge is 2.35. The molecule has 0 amide bonds. The van der Waals surface area contributed by atoms with Gasteiger partial charge in [-0.1, -0.05) is 13.8 Å². The zero-order valence-electron chi connectivity index (χ0n) is 13.7. The van der Waals surface area contributed by atoms with E-state index in [1.54, 1.807) is 0 Å². The normalized spacial score (nSPS) is 33.6.